The van der Waals surface area contributed by atoms with Crippen LogP contribution in [0.5, 0.6) is 11.5 Å². The number of unbranched alkanes of at least 4 members (excludes halogenated alkanes) is 3. The first-order valence-electron chi connectivity index (χ1n) is 10.1. The van der Waals surface area contributed by atoms with Gasteiger partial charge in [-0.3, -0.25) is 0 Å². The van der Waals surface area contributed by atoms with Crippen LogP contribution in [-0.4, -0.2) is 6.61 Å². The second-order valence-electron chi connectivity index (χ2n) is 7.08. The molecule has 0 aliphatic rings. The van der Waals surface area contributed by atoms with Crippen LogP contribution in [0.25, 0.3) is 0 Å². The number of hydrogen-bond acceptors (Lipinski definition) is 2. The van der Waals surface area contributed by atoms with Crippen molar-refractivity contribution in [2.24, 2.45) is 0 Å². The van der Waals surface area contributed by atoms with Crippen LogP contribution >= 0.6 is 0 Å². The summed E-state index contributed by atoms with van der Waals surface area (Å²) in [7, 11) is 0. The first-order chi connectivity index (χ1) is 12.7. The van der Waals surface area contributed by atoms with Gasteiger partial charge in [-0.05, 0) is 67.5 Å². The number of hydrogen-bond donors (Lipinski definition) is 0. The molecule has 26 heavy (non-hydrogen) atoms. The smallest absolute Gasteiger partial charge is 0.123 e. The van der Waals surface area contributed by atoms with E-state index < -0.39 is 0 Å². The van der Waals surface area contributed by atoms with Gasteiger partial charge in [-0.1, -0.05) is 57.4 Å². The minimum atomic E-state index is 0.602. The van der Waals surface area contributed by atoms with E-state index in [0.717, 1.165) is 36.5 Å². The van der Waals surface area contributed by atoms with Crippen molar-refractivity contribution in [1.29, 1.82) is 0 Å². The summed E-state index contributed by atoms with van der Waals surface area (Å²) < 4.78 is 12.0. The molecule has 0 spiro atoms. The van der Waals surface area contributed by atoms with E-state index in [4.69, 9.17) is 9.47 Å². The van der Waals surface area contributed by atoms with Crippen LogP contribution in [0, 0.1) is 13.8 Å². The largest absolute Gasteiger partial charge is 0.493 e. The van der Waals surface area contributed by atoms with E-state index in [2.05, 4.69) is 52.0 Å². The Morgan fingerprint density at radius 3 is 1.85 bits per heavy atom. The van der Waals surface area contributed by atoms with Gasteiger partial charge in [-0.15, -0.1) is 0 Å². The fourth-order valence-corrected chi connectivity index (χ4v) is 2.96. The molecule has 0 aliphatic carbocycles. The zero-order valence-electron chi connectivity index (χ0n) is 16.9. The Morgan fingerprint density at radius 2 is 1.23 bits per heavy atom. The Morgan fingerprint density at radius 1 is 0.654 bits per heavy atom. The molecular formula is C24H34O2. The predicted molar refractivity (Wildman–Crippen MR) is 110 cm³/mol. The maximum absolute atomic E-state index is 6.07. The lowest BCUT2D eigenvalue weighted by molar-refractivity contribution is 0.294. The summed E-state index contributed by atoms with van der Waals surface area (Å²) in [5.74, 6) is 1.92. The Labute approximate surface area is 159 Å². The molecule has 142 valence electrons. The van der Waals surface area contributed by atoms with Crippen molar-refractivity contribution in [2.75, 3.05) is 6.61 Å². The second kappa shape index (κ2) is 10.9. The van der Waals surface area contributed by atoms with Gasteiger partial charge < -0.3 is 9.47 Å². The quantitative estimate of drug-likeness (QED) is 0.413. The molecule has 0 aromatic heterocycles. The van der Waals surface area contributed by atoms with E-state index >= 15 is 0 Å². The minimum absolute atomic E-state index is 0.602. The molecule has 0 aliphatic heterocycles. The number of rotatable bonds is 11. The van der Waals surface area contributed by atoms with Crippen LogP contribution in [0.3, 0.4) is 0 Å². The lowest BCUT2D eigenvalue weighted by Crippen LogP contribution is -2.02. The van der Waals surface area contributed by atoms with Gasteiger partial charge >= 0.3 is 0 Å². The maximum atomic E-state index is 6.07. The van der Waals surface area contributed by atoms with Crippen LogP contribution in [0.4, 0.5) is 0 Å². The van der Waals surface area contributed by atoms with Crippen molar-refractivity contribution >= 4 is 0 Å². The third kappa shape index (κ3) is 6.09. The average Bonchev–Trinajstić information content (AvgIpc) is 2.67. The Kier molecular flexibility index (Phi) is 8.53. The molecule has 0 unspecified atom stereocenters. The third-order valence-electron chi connectivity index (χ3n) is 4.93. The molecule has 2 aromatic carbocycles. The molecule has 0 bridgehead atoms. The highest BCUT2D eigenvalue weighted by molar-refractivity contribution is 5.47. The topological polar surface area (TPSA) is 18.5 Å². The highest BCUT2D eigenvalue weighted by Crippen LogP contribution is 2.30. The molecule has 2 heteroatoms. The van der Waals surface area contributed by atoms with Crippen molar-refractivity contribution in [3.05, 3.63) is 58.7 Å². The molecule has 0 saturated heterocycles. The molecule has 2 aromatic rings. The van der Waals surface area contributed by atoms with Gasteiger partial charge in [-0.25, -0.2) is 0 Å². The Hall–Kier alpha value is -1.96. The molecule has 0 heterocycles. The third-order valence-corrected chi connectivity index (χ3v) is 4.93. The number of ether oxygens (including phenoxy) is 2. The minimum Gasteiger partial charge on any atom is -0.493 e. The average molecular weight is 355 g/mol. The van der Waals surface area contributed by atoms with Crippen molar-refractivity contribution in [1.82, 2.24) is 0 Å². The molecule has 0 radical (unpaired) electrons. The molecule has 2 rings (SSSR count). The fourth-order valence-electron chi connectivity index (χ4n) is 2.96. The lowest BCUT2D eigenvalue weighted by Gasteiger charge is -2.15. The SMILES string of the molecule is CCCCCOc1ccc(OCc2ccc(CCCC)cc2)c(C)c1C. The van der Waals surface area contributed by atoms with E-state index in [1.54, 1.807) is 0 Å². The van der Waals surface area contributed by atoms with Gasteiger partial charge in [0, 0.05) is 0 Å². The summed E-state index contributed by atoms with van der Waals surface area (Å²) in [5.41, 5.74) is 4.96. The maximum Gasteiger partial charge on any atom is 0.123 e. The van der Waals surface area contributed by atoms with Crippen LogP contribution in [0.2, 0.25) is 0 Å². The van der Waals surface area contributed by atoms with E-state index in [-0.39, 0.29) is 0 Å². The molecule has 0 atom stereocenters. The summed E-state index contributed by atoms with van der Waals surface area (Å²) >= 11 is 0. The monoisotopic (exact) mass is 354 g/mol. The molecule has 0 saturated carbocycles. The van der Waals surface area contributed by atoms with Gasteiger partial charge in [0.15, 0.2) is 0 Å². The van der Waals surface area contributed by atoms with E-state index in [1.807, 2.05) is 12.1 Å². The molecular weight excluding hydrogens is 320 g/mol. The summed E-state index contributed by atoms with van der Waals surface area (Å²) in [5, 5.41) is 0. The first-order valence-corrected chi connectivity index (χ1v) is 10.1. The van der Waals surface area contributed by atoms with Crippen LogP contribution in [0.15, 0.2) is 36.4 Å². The summed E-state index contributed by atoms with van der Waals surface area (Å²) in [4.78, 5) is 0. The fraction of sp³-hybridized carbons (Fsp3) is 0.500. The summed E-state index contributed by atoms with van der Waals surface area (Å²) in [6.07, 6.45) is 7.20. The van der Waals surface area contributed by atoms with Crippen LogP contribution in [0.1, 0.15) is 68.2 Å². The van der Waals surface area contributed by atoms with Crippen molar-refractivity contribution in [3.8, 4) is 11.5 Å². The lowest BCUT2D eigenvalue weighted by atomic mass is 10.1. The molecule has 2 nitrogen and oxygen atoms in total. The Balaban J connectivity index is 1.91. The zero-order chi connectivity index (χ0) is 18.8. The van der Waals surface area contributed by atoms with Crippen molar-refractivity contribution in [3.63, 3.8) is 0 Å². The number of benzene rings is 2. The first kappa shape index (κ1) is 20.4. The normalized spacial score (nSPS) is 10.8. The molecule has 0 amide bonds. The predicted octanol–water partition coefficient (Wildman–Crippen LogP) is 6.79. The summed E-state index contributed by atoms with van der Waals surface area (Å²) in [6, 6.07) is 12.9. The number of aryl methyl sites for hydroxylation is 1. The zero-order valence-corrected chi connectivity index (χ0v) is 16.9. The Bertz CT molecular complexity index is 659. The van der Waals surface area contributed by atoms with Gasteiger partial charge in [-0.2, -0.15) is 0 Å². The van der Waals surface area contributed by atoms with E-state index in [9.17, 15) is 0 Å². The van der Waals surface area contributed by atoms with Crippen molar-refractivity contribution in [2.45, 2.75) is 72.8 Å². The van der Waals surface area contributed by atoms with Gasteiger partial charge in [0.05, 0.1) is 6.61 Å². The van der Waals surface area contributed by atoms with Gasteiger partial charge in [0.2, 0.25) is 0 Å². The standard InChI is InChI=1S/C24H34O2/c1-5-7-9-17-25-23-15-16-24(20(4)19(23)3)26-18-22-13-11-21(12-14-22)10-8-6-2/h11-16H,5-10,17-18H2,1-4H3. The van der Waals surface area contributed by atoms with Crippen LogP contribution in [-0.2, 0) is 13.0 Å². The molecule has 0 N–H and O–H groups in total. The molecule has 0 fully saturated rings. The summed E-state index contributed by atoms with van der Waals surface area (Å²) in [6.45, 7) is 10.1. The van der Waals surface area contributed by atoms with Gasteiger partial charge in [0.1, 0.15) is 18.1 Å². The van der Waals surface area contributed by atoms with Crippen molar-refractivity contribution < 1.29 is 9.47 Å². The highest BCUT2D eigenvalue weighted by Gasteiger charge is 2.09. The van der Waals surface area contributed by atoms with E-state index in [0.29, 0.717) is 6.61 Å². The highest BCUT2D eigenvalue weighted by atomic mass is 16.5. The van der Waals surface area contributed by atoms with Crippen LogP contribution < -0.4 is 9.47 Å². The van der Waals surface area contributed by atoms with E-state index in [1.165, 1.54) is 42.4 Å². The second-order valence-corrected chi connectivity index (χ2v) is 7.08. The van der Waals surface area contributed by atoms with Gasteiger partial charge in [0.25, 0.3) is 0 Å².